The number of carbonyl (C=O) groups excluding carboxylic acids is 1. The smallest absolute Gasteiger partial charge is 0.269 e. The van der Waals surface area contributed by atoms with Crippen molar-refractivity contribution in [1.82, 2.24) is 19.8 Å². The van der Waals surface area contributed by atoms with E-state index in [1.165, 1.54) is 12.1 Å². The molecule has 0 bridgehead atoms. The van der Waals surface area contributed by atoms with Crippen molar-refractivity contribution in [2.75, 3.05) is 6.26 Å². The zero-order valence-electron chi connectivity index (χ0n) is 13.4. The molecule has 2 aromatic rings. The van der Waals surface area contributed by atoms with Crippen molar-refractivity contribution in [3.8, 4) is 11.3 Å². The summed E-state index contributed by atoms with van der Waals surface area (Å²) in [4.78, 5) is 18.2. The lowest BCUT2D eigenvalue weighted by Crippen LogP contribution is -2.41. The van der Waals surface area contributed by atoms with E-state index in [0.717, 1.165) is 17.8 Å². The van der Waals surface area contributed by atoms with Crippen molar-refractivity contribution in [1.29, 1.82) is 0 Å². The third kappa shape index (κ3) is 3.74. The number of carbonyl (C=O) groups is 1. The number of amides is 1. The third-order valence-electron chi connectivity index (χ3n) is 3.50. The lowest BCUT2D eigenvalue weighted by Gasteiger charge is -2.09. The van der Waals surface area contributed by atoms with Crippen molar-refractivity contribution in [3.63, 3.8) is 0 Å². The Morgan fingerprint density at radius 3 is 2.46 bits per heavy atom. The number of nitrogens with zero attached hydrogens (tertiary/aromatic N) is 2. The fraction of sp³-hybridized carbons (Fsp3) is 0.286. The number of hydrogen-bond donors (Lipinski definition) is 2. The highest BCUT2D eigenvalue weighted by Crippen LogP contribution is 2.29. The van der Waals surface area contributed by atoms with Gasteiger partial charge in [0.1, 0.15) is 5.82 Å². The van der Waals surface area contributed by atoms with Gasteiger partial charge in [-0.15, -0.1) is 4.83 Å². The van der Waals surface area contributed by atoms with Gasteiger partial charge in [-0.2, -0.15) is 0 Å². The summed E-state index contributed by atoms with van der Waals surface area (Å²) in [5.41, 5.74) is 3.35. The first-order valence-corrected chi connectivity index (χ1v) is 9.04. The van der Waals surface area contributed by atoms with Gasteiger partial charge in [0, 0.05) is 18.3 Å². The molecule has 0 unspecified atom stereocenters. The highest BCUT2D eigenvalue weighted by atomic mass is 35.5. The molecule has 2 N–H and O–H groups in total. The summed E-state index contributed by atoms with van der Waals surface area (Å²) >= 11 is 5.87. The van der Waals surface area contributed by atoms with Gasteiger partial charge in [-0.05, 0) is 26.0 Å². The maximum absolute atomic E-state index is 14.2. The Hall–Kier alpha value is -1.97. The van der Waals surface area contributed by atoms with Crippen molar-refractivity contribution in [2.24, 2.45) is 7.05 Å². The van der Waals surface area contributed by atoms with Gasteiger partial charge in [0.25, 0.3) is 5.91 Å². The molecule has 1 aromatic heterocycles. The van der Waals surface area contributed by atoms with E-state index in [1.54, 1.807) is 4.83 Å². The summed E-state index contributed by atoms with van der Waals surface area (Å²) in [6, 6.07) is 2.64. The molecule has 1 aromatic carbocycles. The van der Waals surface area contributed by atoms with Crippen molar-refractivity contribution in [2.45, 2.75) is 13.8 Å². The van der Waals surface area contributed by atoms with E-state index in [4.69, 9.17) is 11.6 Å². The minimum absolute atomic E-state index is 0.264. The van der Waals surface area contributed by atoms with E-state index < -0.39 is 27.3 Å². The zero-order valence-corrected chi connectivity index (χ0v) is 15.0. The number of halogens is 2. The molecule has 1 amide bonds. The summed E-state index contributed by atoms with van der Waals surface area (Å²) in [5.74, 6) is -1.17. The van der Waals surface area contributed by atoms with Crippen LogP contribution in [-0.4, -0.2) is 30.1 Å². The van der Waals surface area contributed by atoms with Crippen LogP contribution >= 0.6 is 11.6 Å². The first kappa shape index (κ1) is 18.4. The van der Waals surface area contributed by atoms with Crippen molar-refractivity contribution >= 4 is 27.5 Å². The topological polar surface area (TPSA) is 93.1 Å². The van der Waals surface area contributed by atoms with E-state index in [-0.39, 0.29) is 5.02 Å². The van der Waals surface area contributed by atoms with E-state index >= 15 is 0 Å². The predicted octanol–water partition coefficient (Wildman–Crippen LogP) is 1.69. The Bertz CT molecular complexity index is 925. The van der Waals surface area contributed by atoms with Crippen LogP contribution in [0, 0.1) is 19.7 Å². The Morgan fingerprint density at radius 1 is 1.33 bits per heavy atom. The minimum Gasteiger partial charge on any atom is -0.335 e. The van der Waals surface area contributed by atoms with Crippen LogP contribution in [0.2, 0.25) is 5.02 Å². The van der Waals surface area contributed by atoms with Gasteiger partial charge in [0.2, 0.25) is 10.0 Å². The normalized spacial score (nSPS) is 11.6. The molecule has 0 aliphatic heterocycles. The molecule has 0 saturated heterocycles. The molecule has 2 rings (SSSR count). The van der Waals surface area contributed by atoms with Crippen LogP contribution in [0.1, 0.15) is 21.9 Å². The molecule has 7 nitrogen and oxygen atoms in total. The van der Waals surface area contributed by atoms with Gasteiger partial charge in [0.15, 0.2) is 5.82 Å². The molecule has 24 heavy (non-hydrogen) atoms. The number of rotatable bonds is 4. The molecule has 0 aliphatic carbocycles. The molecule has 0 atom stereocenters. The number of nitrogens with one attached hydrogen (secondary N) is 2. The number of aromatic nitrogens is 2. The molecule has 10 heteroatoms. The molecule has 0 aliphatic rings. The Kier molecular flexibility index (Phi) is 4.97. The largest absolute Gasteiger partial charge is 0.335 e. The van der Waals surface area contributed by atoms with Crippen molar-refractivity contribution in [3.05, 3.63) is 40.1 Å². The molecule has 1 heterocycles. The molecule has 0 radical (unpaired) electrons. The van der Waals surface area contributed by atoms with Gasteiger partial charge in [-0.25, -0.2) is 17.8 Å². The molecule has 0 saturated carbocycles. The number of imidazole rings is 1. The fourth-order valence-corrected chi connectivity index (χ4v) is 2.59. The second-order valence-electron chi connectivity index (χ2n) is 5.30. The summed E-state index contributed by atoms with van der Waals surface area (Å²) in [6.07, 6.45) is 0.854. The van der Waals surface area contributed by atoms with Crippen molar-refractivity contribution < 1.29 is 17.6 Å². The highest BCUT2D eigenvalue weighted by Gasteiger charge is 2.20. The molecule has 0 fully saturated rings. The maximum atomic E-state index is 14.2. The van der Waals surface area contributed by atoms with Crippen LogP contribution in [0.15, 0.2) is 12.1 Å². The van der Waals surface area contributed by atoms with Gasteiger partial charge in [0.05, 0.1) is 22.5 Å². The van der Waals surface area contributed by atoms with E-state index in [9.17, 15) is 17.6 Å². The molecular weight excluding hydrogens is 359 g/mol. The average molecular weight is 375 g/mol. The van der Waals surface area contributed by atoms with E-state index in [0.29, 0.717) is 11.3 Å². The number of sulfonamides is 1. The maximum Gasteiger partial charge on any atom is 0.269 e. The summed E-state index contributed by atoms with van der Waals surface area (Å²) < 4.78 is 38.1. The van der Waals surface area contributed by atoms with Gasteiger partial charge in [-0.3, -0.25) is 10.2 Å². The molecular formula is C14H16ClFN4O3S. The SMILES string of the molecule is Cc1nc(-c2cc(Cl)c(F)c(C(=O)NNS(C)(=O)=O)c2)c(C)n1C. The fourth-order valence-electron chi connectivity index (χ4n) is 2.09. The standard InChI is InChI=1S/C14H16ClFN4O3S/c1-7-13(17-8(2)20(7)3)9-5-10(12(16)11(15)6-9)14(21)18-19-24(4,22)23/h5-6,19H,1-4H3,(H,18,21). The van der Waals surface area contributed by atoms with E-state index in [2.05, 4.69) is 4.98 Å². The quantitative estimate of drug-likeness (QED) is 0.796. The van der Waals surface area contributed by atoms with Crippen LogP contribution in [0.4, 0.5) is 4.39 Å². The minimum atomic E-state index is -3.67. The van der Waals surface area contributed by atoms with Gasteiger partial charge < -0.3 is 4.57 Å². The first-order chi connectivity index (χ1) is 11.0. The zero-order chi connectivity index (χ0) is 18.2. The van der Waals surface area contributed by atoms with Gasteiger partial charge >= 0.3 is 0 Å². The van der Waals surface area contributed by atoms with E-state index in [1.807, 2.05) is 30.9 Å². The van der Waals surface area contributed by atoms with Crippen LogP contribution in [0.5, 0.6) is 0 Å². The lowest BCUT2D eigenvalue weighted by atomic mass is 10.1. The third-order valence-corrected chi connectivity index (χ3v) is 4.25. The molecule has 0 spiro atoms. The number of hydrazine groups is 1. The Balaban J connectivity index is 2.49. The number of aryl methyl sites for hydroxylation is 1. The summed E-state index contributed by atoms with van der Waals surface area (Å²) in [5, 5.41) is -0.264. The first-order valence-electron chi connectivity index (χ1n) is 6.77. The second-order valence-corrected chi connectivity index (χ2v) is 7.46. The van der Waals surface area contributed by atoms with Crippen LogP contribution in [0.25, 0.3) is 11.3 Å². The predicted molar refractivity (Wildman–Crippen MR) is 88.5 cm³/mol. The number of benzene rings is 1. The second kappa shape index (κ2) is 6.50. The monoisotopic (exact) mass is 374 g/mol. The highest BCUT2D eigenvalue weighted by molar-refractivity contribution is 7.88. The Labute approximate surface area is 143 Å². The summed E-state index contributed by atoms with van der Waals surface area (Å²) in [7, 11) is -1.85. The Morgan fingerprint density at radius 2 is 1.96 bits per heavy atom. The van der Waals surface area contributed by atoms with Crippen LogP contribution < -0.4 is 10.3 Å². The lowest BCUT2D eigenvalue weighted by molar-refractivity contribution is 0.0941. The average Bonchev–Trinajstić information content (AvgIpc) is 2.74. The number of hydrogen-bond acceptors (Lipinski definition) is 4. The summed E-state index contributed by atoms with van der Waals surface area (Å²) in [6.45, 7) is 3.64. The molecule has 130 valence electrons. The van der Waals surface area contributed by atoms with Crippen LogP contribution in [-0.2, 0) is 17.1 Å². The van der Waals surface area contributed by atoms with Gasteiger partial charge in [-0.1, -0.05) is 11.6 Å². The van der Waals surface area contributed by atoms with Crippen LogP contribution in [0.3, 0.4) is 0 Å².